The molecule has 1 aromatic heterocycles. The summed E-state index contributed by atoms with van der Waals surface area (Å²) < 4.78 is 7.63. The summed E-state index contributed by atoms with van der Waals surface area (Å²) in [6.07, 6.45) is 0.828. The van der Waals surface area contributed by atoms with Crippen molar-refractivity contribution < 1.29 is 4.74 Å². The topological polar surface area (TPSA) is 65.1 Å². The van der Waals surface area contributed by atoms with E-state index in [2.05, 4.69) is 75.5 Å². The maximum absolute atomic E-state index is 6.51. The zero-order valence-corrected chi connectivity index (χ0v) is 19.6. The molecule has 0 radical (unpaired) electrons. The van der Waals surface area contributed by atoms with Gasteiger partial charge >= 0.3 is 0 Å². The van der Waals surface area contributed by atoms with Gasteiger partial charge < -0.3 is 15.8 Å². The van der Waals surface area contributed by atoms with Crippen molar-refractivity contribution in [1.29, 1.82) is 0 Å². The lowest BCUT2D eigenvalue weighted by atomic mass is 9.92. The van der Waals surface area contributed by atoms with Crippen molar-refractivity contribution in [3.63, 3.8) is 0 Å². The van der Waals surface area contributed by atoms with Crippen molar-refractivity contribution in [2.75, 3.05) is 18.2 Å². The van der Waals surface area contributed by atoms with Crippen molar-refractivity contribution in [1.82, 2.24) is 9.78 Å². The second-order valence-electron chi connectivity index (χ2n) is 9.00. The molecule has 0 amide bonds. The monoisotopic (exact) mass is 428 g/mol. The summed E-state index contributed by atoms with van der Waals surface area (Å²) in [6.45, 7) is 9.19. The van der Waals surface area contributed by atoms with Crippen LogP contribution in [0.1, 0.15) is 31.4 Å². The molecular formula is C27H32N4O. The zero-order valence-electron chi connectivity index (χ0n) is 19.6. The lowest BCUT2D eigenvalue weighted by Gasteiger charge is -2.22. The van der Waals surface area contributed by atoms with Gasteiger partial charge in [-0.05, 0) is 80.6 Å². The van der Waals surface area contributed by atoms with Crippen LogP contribution < -0.4 is 11.1 Å². The molecule has 4 rings (SSSR count). The Bertz CT molecular complexity index is 1220. The van der Waals surface area contributed by atoms with Crippen LogP contribution >= 0.6 is 0 Å². The number of anilines is 3. The van der Waals surface area contributed by atoms with Crippen LogP contribution in [0.4, 0.5) is 17.2 Å². The molecule has 0 atom stereocenters. The summed E-state index contributed by atoms with van der Waals surface area (Å²) >= 11 is 0. The molecule has 3 aromatic carbocycles. The van der Waals surface area contributed by atoms with Crippen molar-refractivity contribution in [2.24, 2.45) is 0 Å². The van der Waals surface area contributed by atoms with Gasteiger partial charge in [-0.25, -0.2) is 0 Å². The molecule has 0 aliphatic rings. The number of ether oxygens (including phenoxy) is 1. The number of aryl methyl sites for hydroxylation is 3. The smallest absolute Gasteiger partial charge is 0.154 e. The maximum atomic E-state index is 6.51. The molecule has 0 fully saturated rings. The quantitative estimate of drug-likeness (QED) is 0.354. The summed E-state index contributed by atoms with van der Waals surface area (Å²) in [4.78, 5) is 0. The molecule has 0 saturated carbocycles. The predicted octanol–water partition coefficient (Wildman–Crippen LogP) is 6.46. The average Bonchev–Trinajstić information content (AvgIpc) is 3.08. The molecule has 0 bridgehead atoms. The Labute approximate surface area is 190 Å². The fourth-order valence-corrected chi connectivity index (χ4v) is 4.18. The number of methoxy groups -OCH3 is 1. The molecule has 0 spiro atoms. The first-order chi connectivity index (χ1) is 15.3. The van der Waals surface area contributed by atoms with E-state index in [0.29, 0.717) is 5.82 Å². The number of nitrogens with one attached hydrogen (secondary N) is 1. The van der Waals surface area contributed by atoms with Crippen LogP contribution in [0.15, 0.2) is 60.7 Å². The molecule has 166 valence electrons. The lowest BCUT2D eigenvalue weighted by Crippen LogP contribution is -2.24. The third-order valence-corrected chi connectivity index (χ3v) is 6.17. The largest absolute Gasteiger partial charge is 0.382 e. The third-order valence-electron chi connectivity index (χ3n) is 6.17. The second kappa shape index (κ2) is 8.67. The van der Waals surface area contributed by atoms with Gasteiger partial charge in [0.25, 0.3) is 0 Å². The Morgan fingerprint density at radius 1 is 0.969 bits per heavy atom. The highest BCUT2D eigenvalue weighted by Gasteiger charge is 2.21. The summed E-state index contributed by atoms with van der Waals surface area (Å²) in [5.74, 6) is 0.555. The maximum Gasteiger partial charge on any atom is 0.154 e. The van der Waals surface area contributed by atoms with E-state index in [-0.39, 0.29) is 5.60 Å². The fourth-order valence-electron chi connectivity index (χ4n) is 4.18. The first-order valence-corrected chi connectivity index (χ1v) is 11.0. The van der Waals surface area contributed by atoms with Crippen molar-refractivity contribution in [3.8, 4) is 11.1 Å². The minimum atomic E-state index is -0.234. The van der Waals surface area contributed by atoms with Crippen LogP contribution in [-0.2, 0) is 11.3 Å². The first-order valence-electron chi connectivity index (χ1n) is 11.0. The van der Waals surface area contributed by atoms with Gasteiger partial charge in [-0.3, -0.25) is 4.68 Å². The summed E-state index contributed by atoms with van der Waals surface area (Å²) in [5, 5.41) is 9.29. The molecule has 32 heavy (non-hydrogen) atoms. The van der Waals surface area contributed by atoms with E-state index in [1.54, 1.807) is 7.11 Å². The number of hydrogen-bond donors (Lipinski definition) is 2. The van der Waals surface area contributed by atoms with E-state index in [1.165, 1.54) is 16.7 Å². The van der Waals surface area contributed by atoms with E-state index >= 15 is 0 Å². The van der Waals surface area contributed by atoms with Gasteiger partial charge in [-0.1, -0.05) is 36.4 Å². The van der Waals surface area contributed by atoms with Gasteiger partial charge in [0.1, 0.15) is 0 Å². The standard InChI is InChI=1S/C27H32N4O/c1-18-10-9-11-19(2)24(18)22-16-21(29-20-12-7-6-8-13-20)17-23-25(22)26(28)30-31(23)15-14-27(3,4)32-5/h6-13,16-17,29H,14-15H2,1-5H3,(H2,28,30). The Kier molecular flexibility index (Phi) is 5.94. The number of nitrogens with two attached hydrogens (primary N) is 1. The molecule has 5 nitrogen and oxygen atoms in total. The molecular weight excluding hydrogens is 396 g/mol. The first kappa shape index (κ1) is 21.9. The molecule has 5 heteroatoms. The number of aromatic nitrogens is 2. The van der Waals surface area contributed by atoms with Crippen molar-refractivity contribution >= 4 is 28.1 Å². The van der Waals surface area contributed by atoms with Crippen LogP contribution in [-0.4, -0.2) is 22.5 Å². The Hall–Kier alpha value is -3.31. The average molecular weight is 429 g/mol. The second-order valence-corrected chi connectivity index (χ2v) is 9.00. The van der Waals surface area contributed by atoms with Crippen LogP contribution in [0.5, 0.6) is 0 Å². The van der Waals surface area contributed by atoms with Crippen LogP contribution in [0.3, 0.4) is 0 Å². The molecule has 0 saturated heterocycles. The Balaban J connectivity index is 1.90. The molecule has 0 aliphatic carbocycles. The normalized spacial score (nSPS) is 11.8. The van der Waals surface area contributed by atoms with E-state index < -0.39 is 0 Å². The van der Waals surface area contributed by atoms with Crippen LogP contribution in [0.2, 0.25) is 0 Å². The number of nitrogen functional groups attached to an aromatic ring is 1. The van der Waals surface area contributed by atoms with Gasteiger partial charge in [0.05, 0.1) is 16.5 Å². The number of nitrogens with zero attached hydrogens (tertiary/aromatic N) is 2. The van der Waals surface area contributed by atoms with E-state index in [4.69, 9.17) is 15.6 Å². The van der Waals surface area contributed by atoms with Gasteiger partial charge in [0, 0.05) is 25.0 Å². The molecule has 4 aromatic rings. The van der Waals surface area contributed by atoms with E-state index in [9.17, 15) is 0 Å². The highest BCUT2D eigenvalue weighted by atomic mass is 16.5. The third kappa shape index (κ3) is 4.34. The van der Waals surface area contributed by atoms with Crippen LogP contribution in [0.25, 0.3) is 22.0 Å². The van der Waals surface area contributed by atoms with Crippen molar-refractivity contribution in [2.45, 2.75) is 46.3 Å². The number of para-hydroxylation sites is 1. The minimum Gasteiger partial charge on any atom is -0.382 e. The Morgan fingerprint density at radius 2 is 1.66 bits per heavy atom. The number of rotatable bonds is 7. The van der Waals surface area contributed by atoms with Gasteiger partial charge in [-0.2, -0.15) is 5.10 Å². The van der Waals surface area contributed by atoms with Gasteiger partial charge in [0.2, 0.25) is 0 Å². The number of benzene rings is 3. The van der Waals surface area contributed by atoms with Gasteiger partial charge in [0.15, 0.2) is 5.82 Å². The molecule has 0 unspecified atom stereocenters. The minimum absolute atomic E-state index is 0.234. The van der Waals surface area contributed by atoms with Crippen molar-refractivity contribution in [3.05, 3.63) is 71.8 Å². The van der Waals surface area contributed by atoms with Gasteiger partial charge in [-0.15, -0.1) is 0 Å². The summed E-state index contributed by atoms with van der Waals surface area (Å²) in [5.41, 5.74) is 14.1. The highest BCUT2D eigenvalue weighted by Crippen LogP contribution is 2.39. The number of fused-ring (bicyclic) bond motifs is 1. The van der Waals surface area contributed by atoms with E-state index in [0.717, 1.165) is 40.8 Å². The summed E-state index contributed by atoms with van der Waals surface area (Å²) in [6, 6.07) is 20.9. The molecule has 1 heterocycles. The van der Waals surface area contributed by atoms with E-state index in [1.807, 2.05) is 22.9 Å². The molecule has 0 aliphatic heterocycles. The SMILES string of the molecule is COC(C)(C)CCn1nc(N)c2c(-c3c(C)cccc3C)cc(Nc3ccccc3)cc21. The lowest BCUT2D eigenvalue weighted by molar-refractivity contribution is 0.0116. The number of hydrogen-bond acceptors (Lipinski definition) is 4. The fraction of sp³-hybridized carbons (Fsp3) is 0.296. The highest BCUT2D eigenvalue weighted by molar-refractivity contribution is 6.05. The Morgan fingerprint density at radius 3 is 2.31 bits per heavy atom. The summed E-state index contributed by atoms with van der Waals surface area (Å²) in [7, 11) is 1.75. The zero-order chi connectivity index (χ0) is 22.9. The van der Waals surface area contributed by atoms with Crippen LogP contribution in [0, 0.1) is 13.8 Å². The molecule has 3 N–H and O–H groups in total. The predicted molar refractivity (Wildman–Crippen MR) is 134 cm³/mol.